The first kappa shape index (κ1) is 19.8. The molecule has 5 nitrogen and oxygen atoms in total. The molecule has 7 heteroatoms. The molecular formula is C19H16BrClN2O3. The van der Waals surface area contributed by atoms with Gasteiger partial charge in [-0.25, -0.2) is 0 Å². The first-order valence-corrected chi connectivity index (χ1v) is 8.84. The van der Waals surface area contributed by atoms with Gasteiger partial charge in [-0.1, -0.05) is 33.6 Å². The van der Waals surface area contributed by atoms with E-state index in [0.29, 0.717) is 38.9 Å². The predicted molar refractivity (Wildman–Crippen MR) is 106 cm³/mol. The van der Waals surface area contributed by atoms with Gasteiger partial charge in [0.2, 0.25) is 0 Å². The van der Waals surface area contributed by atoms with Crippen molar-refractivity contribution in [1.82, 2.24) is 0 Å². The Labute approximate surface area is 165 Å². The number of nitriles is 1. The van der Waals surface area contributed by atoms with Crippen molar-refractivity contribution >= 4 is 45.2 Å². The fraction of sp³-hybridized carbons (Fsp3) is 0.158. The minimum Gasteiger partial charge on any atom is -0.493 e. The maximum absolute atomic E-state index is 12.4. The molecule has 1 amide bonds. The molecule has 0 radical (unpaired) electrons. The summed E-state index contributed by atoms with van der Waals surface area (Å²) in [5.41, 5.74) is 1.07. The van der Waals surface area contributed by atoms with Crippen molar-refractivity contribution in [2.24, 2.45) is 0 Å². The van der Waals surface area contributed by atoms with Crippen LogP contribution in [0.5, 0.6) is 11.5 Å². The monoisotopic (exact) mass is 434 g/mol. The second-order valence-corrected chi connectivity index (χ2v) is 6.38. The van der Waals surface area contributed by atoms with E-state index in [9.17, 15) is 10.1 Å². The lowest BCUT2D eigenvalue weighted by Gasteiger charge is -2.12. The molecular weight excluding hydrogens is 420 g/mol. The smallest absolute Gasteiger partial charge is 0.266 e. The van der Waals surface area contributed by atoms with Crippen molar-refractivity contribution in [2.45, 2.75) is 6.92 Å². The van der Waals surface area contributed by atoms with E-state index in [0.717, 1.165) is 0 Å². The molecule has 134 valence electrons. The lowest BCUT2D eigenvalue weighted by atomic mass is 10.1. The molecule has 0 aromatic heterocycles. The number of hydrogen-bond donors (Lipinski definition) is 1. The average molecular weight is 436 g/mol. The quantitative estimate of drug-likeness (QED) is 0.509. The average Bonchev–Trinajstić information content (AvgIpc) is 2.61. The summed E-state index contributed by atoms with van der Waals surface area (Å²) < 4.78 is 11.5. The Morgan fingerprint density at radius 1 is 1.35 bits per heavy atom. The molecule has 0 aliphatic carbocycles. The van der Waals surface area contributed by atoms with Crippen LogP contribution >= 0.6 is 27.5 Å². The largest absolute Gasteiger partial charge is 0.493 e. The summed E-state index contributed by atoms with van der Waals surface area (Å²) >= 11 is 9.32. The number of nitrogens with zero attached hydrogens (tertiary/aromatic N) is 1. The first-order chi connectivity index (χ1) is 12.5. The van der Waals surface area contributed by atoms with Crippen molar-refractivity contribution in [1.29, 1.82) is 5.26 Å². The molecule has 0 spiro atoms. The Morgan fingerprint density at radius 3 is 2.73 bits per heavy atom. The second-order valence-electron chi connectivity index (χ2n) is 5.09. The zero-order valence-electron chi connectivity index (χ0n) is 14.2. The van der Waals surface area contributed by atoms with Crippen LogP contribution in [0.15, 0.2) is 46.4 Å². The Bertz CT molecular complexity index is 891. The van der Waals surface area contributed by atoms with Gasteiger partial charge in [-0.15, -0.1) is 0 Å². The van der Waals surface area contributed by atoms with Crippen molar-refractivity contribution in [3.8, 4) is 17.6 Å². The minimum absolute atomic E-state index is 0.0571. The first-order valence-electron chi connectivity index (χ1n) is 7.67. The number of anilines is 1. The molecule has 0 fully saturated rings. The maximum Gasteiger partial charge on any atom is 0.266 e. The third-order valence-corrected chi connectivity index (χ3v) is 4.25. The Morgan fingerprint density at radius 2 is 2.12 bits per heavy atom. The van der Waals surface area contributed by atoms with Crippen LogP contribution in [-0.2, 0) is 4.79 Å². The number of carbonyl (C=O) groups excluding carboxylic acids is 1. The van der Waals surface area contributed by atoms with Crippen LogP contribution in [0.25, 0.3) is 6.08 Å². The highest BCUT2D eigenvalue weighted by Gasteiger charge is 2.13. The predicted octanol–water partition coefficient (Wildman–Crippen LogP) is 5.06. The molecule has 0 atom stereocenters. The molecule has 2 aromatic carbocycles. The van der Waals surface area contributed by atoms with Crippen LogP contribution in [0.3, 0.4) is 0 Å². The Balaban J connectivity index is 2.34. The highest BCUT2D eigenvalue weighted by atomic mass is 79.9. The number of hydrogen-bond acceptors (Lipinski definition) is 4. The third kappa shape index (κ3) is 5.01. The minimum atomic E-state index is -0.532. The Kier molecular flexibility index (Phi) is 7.07. The topological polar surface area (TPSA) is 71.3 Å². The van der Waals surface area contributed by atoms with Gasteiger partial charge in [0.25, 0.3) is 5.91 Å². The highest BCUT2D eigenvalue weighted by Crippen LogP contribution is 2.34. The Hall–Kier alpha value is -2.49. The normalized spacial score (nSPS) is 10.8. The van der Waals surface area contributed by atoms with Gasteiger partial charge in [0.05, 0.1) is 13.7 Å². The van der Waals surface area contributed by atoms with Crippen LogP contribution in [0, 0.1) is 11.3 Å². The lowest BCUT2D eigenvalue weighted by molar-refractivity contribution is -0.112. The standard InChI is InChI=1S/C19H16BrClN2O3/c1-3-26-18-8-12(16(20)10-17(18)25-2)7-13(11-22)19(24)23-15-6-4-5-14(21)9-15/h4-10H,3H2,1-2H3,(H,23,24)/b13-7+. The molecule has 0 bridgehead atoms. The summed E-state index contributed by atoms with van der Waals surface area (Å²) in [6.45, 7) is 2.32. The zero-order chi connectivity index (χ0) is 19.1. The van der Waals surface area contributed by atoms with Crippen molar-refractivity contribution in [2.75, 3.05) is 19.0 Å². The summed E-state index contributed by atoms with van der Waals surface area (Å²) in [5.74, 6) is 0.546. The molecule has 2 aromatic rings. The van der Waals surface area contributed by atoms with E-state index in [1.54, 1.807) is 43.5 Å². The van der Waals surface area contributed by atoms with Gasteiger partial charge in [-0.05, 0) is 48.9 Å². The maximum atomic E-state index is 12.4. The molecule has 2 rings (SSSR count). The summed E-state index contributed by atoms with van der Waals surface area (Å²) in [7, 11) is 1.54. The van der Waals surface area contributed by atoms with Gasteiger partial charge in [0.1, 0.15) is 11.6 Å². The van der Waals surface area contributed by atoms with Gasteiger partial charge in [0, 0.05) is 15.2 Å². The number of ether oxygens (including phenoxy) is 2. The van der Waals surface area contributed by atoms with Gasteiger partial charge in [0.15, 0.2) is 11.5 Å². The molecule has 0 unspecified atom stereocenters. The van der Waals surface area contributed by atoms with Crippen LogP contribution in [0.1, 0.15) is 12.5 Å². The fourth-order valence-electron chi connectivity index (χ4n) is 2.16. The van der Waals surface area contributed by atoms with Gasteiger partial charge in [-0.3, -0.25) is 4.79 Å². The van der Waals surface area contributed by atoms with Crippen LogP contribution in [0.4, 0.5) is 5.69 Å². The van der Waals surface area contributed by atoms with Crippen LogP contribution in [-0.4, -0.2) is 19.6 Å². The number of carbonyl (C=O) groups is 1. The summed E-state index contributed by atoms with van der Waals surface area (Å²) in [6.07, 6.45) is 1.48. The molecule has 0 saturated carbocycles. The van der Waals surface area contributed by atoms with E-state index in [1.807, 2.05) is 13.0 Å². The van der Waals surface area contributed by atoms with Crippen LogP contribution in [0.2, 0.25) is 5.02 Å². The van der Waals surface area contributed by atoms with E-state index in [1.165, 1.54) is 6.08 Å². The van der Waals surface area contributed by atoms with Gasteiger partial charge < -0.3 is 14.8 Å². The van der Waals surface area contributed by atoms with E-state index in [-0.39, 0.29) is 5.57 Å². The SMILES string of the molecule is CCOc1cc(/C=C(\C#N)C(=O)Nc2cccc(Cl)c2)c(Br)cc1OC. The number of methoxy groups -OCH3 is 1. The zero-order valence-corrected chi connectivity index (χ0v) is 16.5. The second kappa shape index (κ2) is 9.27. The van der Waals surface area contributed by atoms with Crippen molar-refractivity contribution < 1.29 is 14.3 Å². The molecule has 0 heterocycles. The lowest BCUT2D eigenvalue weighted by Crippen LogP contribution is -2.13. The molecule has 1 N–H and O–H groups in total. The van der Waals surface area contributed by atoms with E-state index >= 15 is 0 Å². The summed E-state index contributed by atoms with van der Waals surface area (Å²) in [4.78, 5) is 12.4. The molecule has 26 heavy (non-hydrogen) atoms. The van der Waals surface area contributed by atoms with E-state index in [4.69, 9.17) is 21.1 Å². The van der Waals surface area contributed by atoms with Crippen molar-refractivity contribution in [3.05, 3.63) is 57.0 Å². The van der Waals surface area contributed by atoms with E-state index in [2.05, 4.69) is 21.2 Å². The number of amides is 1. The third-order valence-electron chi connectivity index (χ3n) is 3.33. The number of nitrogens with one attached hydrogen (secondary N) is 1. The molecule has 0 aliphatic rings. The van der Waals surface area contributed by atoms with Gasteiger partial charge in [-0.2, -0.15) is 5.26 Å². The number of halogens is 2. The van der Waals surface area contributed by atoms with Crippen LogP contribution < -0.4 is 14.8 Å². The van der Waals surface area contributed by atoms with Gasteiger partial charge >= 0.3 is 0 Å². The number of rotatable bonds is 6. The van der Waals surface area contributed by atoms with Crippen molar-refractivity contribution in [3.63, 3.8) is 0 Å². The molecule has 0 saturated heterocycles. The fourth-order valence-corrected chi connectivity index (χ4v) is 2.79. The highest BCUT2D eigenvalue weighted by molar-refractivity contribution is 9.10. The summed E-state index contributed by atoms with van der Waals surface area (Å²) in [6, 6.07) is 12.0. The van der Waals surface area contributed by atoms with E-state index < -0.39 is 5.91 Å². The molecule has 0 aliphatic heterocycles. The number of benzene rings is 2. The summed E-state index contributed by atoms with van der Waals surface area (Å²) in [5, 5.41) is 12.5.